The lowest BCUT2D eigenvalue weighted by Gasteiger charge is -2.32. The van der Waals surface area contributed by atoms with E-state index < -0.39 is 10.1 Å². The first-order valence-electron chi connectivity index (χ1n) is 9.61. The second-order valence-electron chi connectivity index (χ2n) is 7.38. The summed E-state index contributed by atoms with van der Waals surface area (Å²) >= 11 is 0. The Morgan fingerprint density at radius 3 is 2.48 bits per heavy atom. The largest absolute Gasteiger partial charge is 0.383 e. The summed E-state index contributed by atoms with van der Waals surface area (Å²) in [7, 11) is -3.53. The van der Waals surface area contributed by atoms with Gasteiger partial charge in [0.25, 0.3) is 0 Å². The number of nitrogens with zero attached hydrogens (tertiary/aromatic N) is 2. The molecule has 2 aliphatic rings. The van der Waals surface area contributed by atoms with Gasteiger partial charge in [-0.05, 0) is 62.5 Å². The molecule has 1 aromatic rings. The summed E-state index contributed by atoms with van der Waals surface area (Å²) in [4.78, 5) is 17.1. The number of benzene rings is 1. The molecule has 1 amide bonds. The Hall–Kier alpha value is -1.86. The van der Waals surface area contributed by atoms with E-state index >= 15 is 0 Å². The molecule has 0 unspecified atom stereocenters. The van der Waals surface area contributed by atoms with E-state index in [2.05, 4.69) is 4.90 Å². The standard InChI is InChI=1S/C20H28N2O4S/c1-27(24,25)26-19-10-7-17(8-11-19)9-12-20(23)22-15-5-6-18(22)16-21-13-3-2-4-14-21/h7-12,18H,2-6,13-16H2,1H3/t18-/m0/s1. The SMILES string of the molecule is CS(=O)(=O)Oc1ccc(C=CC(=O)N2CCC[C@H]2CN2CCCCC2)cc1. The van der Waals surface area contributed by atoms with Gasteiger partial charge in [0, 0.05) is 25.2 Å². The maximum absolute atomic E-state index is 12.6. The van der Waals surface area contributed by atoms with Crippen molar-refractivity contribution < 1.29 is 17.4 Å². The summed E-state index contributed by atoms with van der Waals surface area (Å²) < 4.78 is 27.1. The van der Waals surface area contributed by atoms with Crippen molar-refractivity contribution in [2.24, 2.45) is 0 Å². The van der Waals surface area contributed by atoms with E-state index in [1.807, 2.05) is 4.90 Å². The summed E-state index contributed by atoms with van der Waals surface area (Å²) in [5, 5.41) is 0. The molecule has 1 atom stereocenters. The van der Waals surface area contributed by atoms with Gasteiger partial charge in [0.05, 0.1) is 6.26 Å². The summed E-state index contributed by atoms with van der Waals surface area (Å²) in [6.07, 6.45) is 10.4. The lowest BCUT2D eigenvalue weighted by atomic mass is 10.1. The van der Waals surface area contributed by atoms with E-state index in [0.29, 0.717) is 6.04 Å². The molecule has 2 fully saturated rings. The summed E-state index contributed by atoms with van der Waals surface area (Å²) in [6, 6.07) is 6.95. The molecular weight excluding hydrogens is 364 g/mol. The highest BCUT2D eigenvalue weighted by Crippen LogP contribution is 2.21. The zero-order valence-corrected chi connectivity index (χ0v) is 16.7. The molecule has 2 aliphatic heterocycles. The molecule has 0 spiro atoms. The first-order valence-corrected chi connectivity index (χ1v) is 11.4. The molecule has 2 heterocycles. The number of hydrogen-bond donors (Lipinski definition) is 0. The Balaban J connectivity index is 1.56. The second-order valence-corrected chi connectivity index (χ2v) is 8.95. The molecule has 3 rings (SSSR count). The monoisotopic (exact) mass is 392 g/mol. The predicted octanol–water partition coefficient (Wildman–Crippen LogP) is 2.52. The number of piperidine rings is 1. The van der Waals surface area contributed by atoms with Gasteiger partial charge in [-0.1, -0.05) is 18.6 Å². The fourth-order valence-corrected chi connectivity index (χ4v) is 4.29. The van der Waals surface area contributed by atoms with Crippen LogP contribution in [-0.4, -0.2) is 62.6 Å². The van der Waals surface area contributed by atoms with E-state index in [1.165, 1.54) is 19.3 Å². The molecule has 0 bridgehead atoms. The first-order chi connectivity index (χ1) is 12.9. The third-order valence-corrected chi connectivity index (χ3v) is 5.62. The van der Waals surface area contributed by atoms with E-state index in [1.54, 1.807) is 36.4 Å². The van der Waals surface area contributed by atoms with Crippen molar-refractivity contribution in [2.75, 3.05) is 32.4 Å². The van der Waals surface area contributed by atoms with Crippen molar-refractivity contribution in [2.45, 2.75) is 38.1 Å². The highest BCUT2D eigenvalue weighted by molar-refractivity contribution is 7.86. The van der Waals surface area contributed by atoms with Crippen molar-refractivity contribution in [3.8, 4) is 5.75 Å². The van der Waals surface area contributed by atoms with Crippen molar-refractivity contribution in [3.05, 3.63) is 35.9 Å². The maximum atomic E-state index is 12.6. The molecule has 27 heavy (non-hydrogen) atoms. The van der Waals surface area contributed by atoms with Crippen LogP contribution < -0.4 is 4.18 Å². The molecule has 0 aliphatic carbocycles. The smallest absolute Gasteiger partial charge is 0.306 e. The van der Waals surface area contributed by atoms with E-state index in [9.17, 15) is 13.2 Å². The van der Waals surface area contributed by atoms with Gasteiger partial charge in [-0.3, -0.25) is 4.79 Å². The van der Waals surface area contributed by atoms with Crippen molar-refractivity contribution in [3.63, 3.8) is 0 Å². The van der Waals surface area contributed by atoms with Gasteiger partial charge in [0.2, 0.25) is 5.91 Å². The number of hydrogen-bond acceptors (Lipinski definition) is 5. The molecule has 0 radical (unpaired) electrons. The zero-order chi connectivity index (χ0) is 19.3. The van der Waals surface area contributed by atoms with Crippen LogP contribution in [0.15, 0.2) is 30.3 Å². The van der Waals surface area contributed by atoms with Crippen molar-refractivity contribution in [1.82, 2.24) is 9.80 Å². The zero-order valence-electron chi connectivity index (χ0n) is 15.8. The predicted molar refractivity (Wildman–Crippen MR) is 106 cm³/mol. The van der Waals surface area contributed by atoms with Gasteiger partial charge in [0.1, 0.15) is 5.75 Å². The average molecular weight is 393 g/mol. The highest BCUT2D eigenvalue weighted by atomic mass is 32.2. The van der Waals surface area contributed by atoms with Gasteiger partial charge in [0.15, 0.2) is 0 Å². The van der Waals surface area contributed by atoms with Crippen LogP contribution in [-0.2, 0) is 14.9 Å². The molecule has 7 heteroatoms. The van der Waals surface area contributed by atoms with E-state index in [4.69, 9.17) is 4.18 Å². The molecule has 148 valence electrons. The molecule has 6 nitrogen and oxygen atoms in total. The topological polar surface area (TPSA) is 66.9 Å². The molecule has 0 saturated carbocycles. The molecule has 0 aromatic heterocycles. The molecule has 0 N–H and O–H groups in total. The van der Waals surface area contributed by atoms with Crippen LogP contribution in [0.1, 0.15) is 37.7 Å². The summed E-state index contributed by atoms with van der Waals surface area (Å²) in [5.41, 5.74) is 0.830. The lowest BCUT2D eigenvalue weighted by Crippen LogP contribution is -2.44. The lowest BCUT2D eigenvalue weighted by molar-refractivity contribution is -0.127. The van der Waals surface area contributed by atoms with Gasteiger partial charge in [-0.2, -0.15) is 8.42 Å². The minimum absolute atomic E-state index is 0.0472. The van der Waals surface area contributed by atoms with Crippen LogP contribution in [0.4, 0.5) is 0 Å². The van der Waals surface area contributed by atoms with Gasteiger partial charge < -0.3 is 14.0 Å². The van der Waals surface area contributed by atoms with Crippen molar-refractivity contribution in [1.29, 1.82) is 0 Å². The van der Waals surface area contributed by atoms with Gasteiger partial charge >= 0.3 is 10.1 Å². The summed E-state index contributed by atoms with van der Waals surface area (Å²) in [5.74, 6) is 0.313. The Kier molecular flexibility index (Phi) is 6.55. The van der Waals surface area contributed by atoms with E-state index in [-0.39, 0.29) is 11.7 Å². The number of likely N-dealkylation sites (tertiary alicyclic amines) is 2. The number of carbonyl (C=O) groups excluding carboxylic acids is 1. The Morgan fingerprint density at radius 2 is 1.81 bits per heavy atom. The molecule has 1 aromatic carbocycles. The minimum atomic E-state index is -3.53. The first kappa shape index (κ1) is 19.9. The second kappa shape index (κ2) is 8.89. The third kappa shape index (κ3) is 6.07. The fraction of sp³-hybridized carbons (Fsp3) is 0.550. The van der Waals surface area contributed by atoms with Crippen LogP contribution in [0.25, 0.3) is 6.08 Å². The number of rotatable bonds is 6. The molecular formula is C20H28N2O4S. The third-order valence-electron chi connectivity index (χ3n) is 5.12. The average Bonchev–Trinajstić information content (AvgIpc) is 3.09. The van der Waals surface area contributed by atoms with Crippen LogP contribution in [0.3, 0.4) is 0 Å². The quantitative estimate of drug-likeness (QED) is 0.550. The van der Waals surface area contributed by atoms with Gasteiger partial charge in [-0.15, -0.1) is 0 Å². The fourth-order valence-electron chi connectivity index (χ4n) is 3.83. The highest BCUT2D eigenvalue weighted by Gasteiger charge is 2.29. The van der Waals surface area contributed by atoms with Gasteiger partial charge in [-0.25, -0.2) is 0 Å². The van der Waals surface area contributed by atoms with Crippen LogP contribution >= 0.6 is 0 Å². The van der Waals surface area contributed by atoms with E-state index in [0.717, 1.165) is 50.8 Å². The van der Waals surface area contributed by atoms with Crippen LogP contribution in [0, 0.1) is 0 Å². The minimum Gasteiger partial charge on any atom is -0.383 e. The Labute approximate surface area is 161 Å². The Morgan fingerprint density at radius 1 is 1.11 bits per heavy atom. The van der Waals surface area contributed by atoms with Crippen molar-refractivity contribution >= 4 is 22.1 Å². The number of amides is 1. The summed E-state index contributed by atoms with van der Waals surface area (Å²) in [6.45, 7) is 4.10. The van der Waals surface area contributed by atoms with Crippen LogP contribution in [0.2, 0.25) is 0 Å². The van der Waals surface area contributed by atoms with Crippen LogP contribution in [0.5, 0.6) is 5.75 Å². The molecule has 2 saturated heterocycles. The Bertz CT molecular complexity index is 768. The maximum Gasteiger partial charge on any atom is 0.306 e. The number of carbonyl (C=O) groups is 1. The normalized spacial score (nSPS) is 21.7.